The molecule has 0 radical (unpaired) electrons. The fraction of sp³-hybridized carbons (Fsp3) is 0.667. The summed E-state index contributed by atoms with van der Waals surface area (Å²) in [5, 5.41) is 0. The zero-order chi connectivity index (χ0) is 10.8. The Morgan fingerprint density at radius 1 is 1.40 bits per heavy atom. The normalized spacial score (nSPS) is 27.4. The Hall–Kier alpha value is -0.800. The maximum absolute atomic E-state index is 5.54. The zero-order valence-corrected chi connectivity index (χ0v) is 9.57. The lowest BCUT2D eigenvalue weighted by Gasteiger charge is -2.12. The first-order valence-electron chi connectivity index (χ1n) is 5.67. The van der Waals surface area contributed by atoms with Crippen LogP contribution in [0.1, 0.15) is 25.2 Å². The highest BCUT2D eigenvalue weighted by Gasteiger charge is 2.26. The van der Waals surface area contributed by atoms with Gasteiger partial charge in [-0.1, -0.05) is 13.8 Å². The Bertz CT molecular complexity index is 311. The summed E-state index contributed by atoms with van der Waals surface area (Å²) in [4.78, 5) is 2.45. The van der Waals surface area contributed by atoms with E-state index in [0.29, 0.717) is 6.54 Å². The van der Waals surface area contributed by atoms with Crippen LogP contribution in [0, 0.1) is 11.8 Å². The summed E-state index contributed by atoms with van der Waals surface area (Å²) in [7, 11) is 0. The highest BCUT2D eigenvalue weighted by Crippen LogP contribution is 2.24. The molecule has 0 aliphatic carbocycles. The Labute approximate surface area is 91.2 Å². The molecular weight excluding hydrogens is 188 g/mol. The van der Waals surface area contributed by atoms with E-state index in [4.69, 9.17) is 10.2 Å². The first-order chi connectivity index (χ1) is 7.19. The molecule has 1 aliphatic rings. The lowest BCUT2D eigenvalue weighted by molar-refractivity contribution is 0.285. The van der Waals surface area contributed by atoms with Crippen molar-refractivity contribution in [2.24, 2.45) is 17.6 Å². The molecule has 1 fully saturated rings. The molecule has 0 amide bonds. The summed E-state index contributed by atoms with van der Waals surface area (Å²) < 4.78 is 5.47. The molecule has 1 saturated heterocycles. The van der Waals surface area contributed by atoms with Crippen LogP contribution in [0.15, 0.2) is 16.7 Å². The number of nitrogens with zero attached hydrogens (tertiary/aromatic N) is 1. The first-order valence-corrected chi connectivity index (χ1v) is 5.67. The average Bonchev–Trinajstić information content (AvgIpc) is 2.76. The molecular formula is C12H20N2O. The van der Waals surface area contributed by atoms with Crippen LogP contribution in [0.4, 0.5) is 0 Å². The summed E-state index contributed by atoms with van der Waals surface area (Å²) in [5.41, 5.74) is 6.63. The van der Waals surface area contributed by atoms with E-state index in [9.17, 15) is 0 Å². The van der Waals surface area contributed by atoms with Gasteiger partial charge in [0.05, 0.1) is 12.8 Å². The summed E-state index contributed by atoms with van der Waals surface area (Å²) in [6.07, 6.45) is 1.76. The Balaban J connectivity index is 1.92. The monoisotopic (exact) mass is 208 g/mol. The third-order valence-electron chi connectivity index (χ3n) is 3.39. The average molecular weight is 208 g/mol. The SMILES string of the molecule is CC1CN(Cc2cc(CN)co2)CC1C. The lowest BCUT2D eigenvalue weighted by Crippen LogP contribution is -2.19. The first kappa shape index (κ1) is 10.7. The molecule has 3 nitrogen and oxygen atoms in total. The van der Waals surface area contributed by atoms with E-state index in [0.717, 1.165) is 29.7 Å². The summed E-state index contributed by atoms with van der Waals surface area (Å²) >= 11 is 0. The van der Waals surface area contributed by atoms with Crippen molar-refractivity contribution in [3.05, 3.63) is 23.7 Å². The quantitative estimate of drug-likeness (QED) is 0.824. The van der Waals surface area contributed by atoms with Gasteiger partial charge in [0.1, 0.15) is 5.76 Å². The molecule has 1 aliphatic heterocycles. The standard InChI is InChI=1S/C12H20N2O/c1-9-5-14(6-10(9)2)7-12-3-11(4-13)8-15-12/h3,8-10H,4-7,13H2,1-2H3. The molecule has 2 atom stereocenters. The van der Waals surface area contributed by atoms with Crippen molar-refractivity contribution in [3.8, 4) is 0 Å². The number of rotatable bonds is 3. The molecule has 2 heterocycles. The predicted molar refractivity (Wildman–Crippen MR) is 60.2 cm³/mol. The minimum Gasteiger partial charge on any atom is -0.468 e. The highest BCUT2D eigenvalue weighted by atomic mass is 16.3. The molecule has 84 valence electrons. The Morgan fingerprint density at radius 2 is 2.07 bits per heavy atom. The van der Waals surface area contributed by atoms with Crippen LogP contribution in [0.2, 0.25) is 0 Å². The van der Waals surface area contributed by atoms with Crippen molar-refractivity contribution in [1.29, 1.82) is 0 Å². The third kappa shape index (κ3) is 2.41. The van der Waals surface area contributed by atoms with Crippen molar-refractivity contribution in [3.63, 3.8) is 0 Å². The van der Waals surface area contributed by atoms with E-state index < -0.39 is 0 Å². The molecule has 0 aromatic carbocycles. The van der Waals surface area contributed by atoms with Crippen molar-refractivity contribution in [2.75, 3.05) is 13.1 Å². The molecule has 0 saturated carbocycles. The van der Waals surface area contributed by atoms with Gasteiger partial charge in [-0.3, -0.25) is 4.90 Å². The van der Waals surface area contributed by atoms with Crippen molar-refractivity contribution >= 4 is 0 Å². The van der Waals surface area contributed by atoms with Crippen LogP contribution in [0.25, 0.3) is 0 Å². The van der Waals surface area contributed by atoms with E-state index >= 15 is 0 Å². The van der Waals surface area contributed by atoms with E-state index in [1.807, 2.05) is 0 Å². The van der Waals surface area contributed by atoms with E-state index in [1.165, 1.54) is 13.1 Å². The van der Waals surface area contributed by atoms with Crippen LogP contribution in [0.5, 0.6) is 0 Å². The van der Waals surface area contributed by atoms with Crippen LogP contribution < -0.4 is 5.73 Å². The second-order valence-electron chi connectivity index (χ2n) is 4.77. The van der Waals surface area contributed by atoms with Gasteiger partial charge in [0, 0.05) is 25.2 Å². The van der Waals surface area contributed by atoms with Gasteiger partial charge in [0.15, 0.2) is 0 Å². The van der Waals surface area contributed by atoms with Crippen LogP contribution in [-0.4, -0.2) is 18.0 Å². The molecule has 2 unspecified atom stereocenters. The molecule has 0 bridgehead atoms. The Morgan fingerprint density at radius 3 is 2.60 bits per heavy atom. The second kappa shape index (κ2) is 4.37. The molecule has 2 rings (SSSR count). The Kier molecular flexibility index (Phi) is 3.12. The van der Waals surface area contributed by atoms with Crippen LogP contribution in [-0.2, 0) is 13.1 Å². The van der Waals surface area contributed by atoms with E-state index in [1.54, 1.807) is 6.26 Å². The van der Waals surface area contributed by atoms with Gasteiger partial charge >= 0.3 is 0 Å². The van der Waals surface area contributed by atoms with Crippen molar-refractivity contribution in [2.45, 2.75) is 26.9 Å². The minimum atomic E-state index is 0.566. The summed E-state index contributed by atoms with van der Waals surface area (Å²) in [6, 6.07) is 2.06. The van der Waals surface area contributed by atoms with Gasteiger partial charge < -0.3 is 10.2 Å². The second-order valence-corrected chi connectivity index (χ2v) is 4.77. The van der Waals surface area contributed by atoms with E-state index in [-0.39, 0.29) is 0 Å². The number of nitrogens with two attached hydrogens (primary N) is 1. The van der Waals surface area contributed by atoms with Crippen molar-refractivity contribution < 1.29 is 4.42 Å². The van der Waals surface area contributed by atoms with Gasteiger partial charge in [-0.05, 0) is 17.9 Å². The predicted octanol–water partition coefficient (Wildman–Crippen LogP) is 1.83. The summed E-state index contributed by atoms with van der Waals surface area (Å²) in [5.74, 6) is 2.64. The molecule has 3 heteroatoms. The lowest BCUT2D eigenvalue weighted by atomic mass is 10.0. The van der Waals surface area contributed by atoms with Gasteiger partial charge in [0.25, 0.3) is 0 Å². The molecule has 1 aromatic heterocycles. The third-order valence-corrected chi connectivity index (χ3v) is 3.39. The fourth-order valence-corrected chi connectivity index (χ4v) is 2.21. The van der Waals surface area contributed by atoms with Gasteiger partial charge in [-0.2, -0.15) is 0 Å². The molecule has 15 heavy (non-hydrogen) atoms. The molecule has 1 aromatic rings. The van der Waals surface area contributed by atoms with Gasteiger partial charge in [-0.25, -0.2) is 0 Å². The summed E-state index contributed by atoms with van der Waals surface area (Å²) in [6.45, 7) is 8.49. The minimum absolute atomic E-state index is 0.566. The van der Waals surface area contributed by atoms with Gasteiger partial charge in [0.2, 0.25) is 0 Å². The smallest absolute Gasteiger partial charge is 0.118 e. The number of hydrogen-bond acceptors (Lipinski definition) is 3. The zero-order valence-electron chi connectivity index (χ0n) is 9.57. The van der Waals surface area contributed by atoms with Crippen LogP contribution >= 0.6 is 0 Å². The topological polar surface area (TPSA) is 42.4 Å². The number of hydrogen-bond donors (Lipinski definition) is 1. The maximum atomic E-state index is 5.54. The van der Waals surface area contributed by atoms with Gasteiger partial charge in [-0.15, -0.1) is 0 Å². The number of furan rings is 1. The maximum Gasteiger partial charge on any atom is 0.118 e. The highest BCUT2D eigenvalue weighted by molar-refractivity contribution is 5.12. The van der Waals surface area contributed by atoms with E-state index in [2.05, 4.69) is 24.8 Å². The van der Waals surface area contributed by atoms with Crippen LogP contribution in [0.3, 0.4) is 0 Å². The molecule has 0 spiro atoms. The van der Waals surface area contributed by atoms with Crippen molar-refractivity contribution in [1.82, 2.24) is 4.90 Å². The number of likely N-dealkylation sites (tertiary alicyclic amines) is 1. The molecule has 2 N–H and O–H groups in total. The fourth-order valence-electron chi connectivity index (χ4n) is 2.21. The largest absolute Gasteiger partial charge is 0.468 e.